The summed E-state index contributed by atoms with van der Waals surface area (Å²) in [7, 11) is 0. The molecule has 0 atom stereocenters. The van der Waals surface area contributed by atoms with Crippen LogP contribution in [0.25, 0.3) is 22.3 Å². The van der Waals surface area contributed by atoms with Crippen molar-refractivity contribution < 1.29 is 18.9 Å². The van der Waals surface area contributed by atoms with Crippen molar-refractivity contribution in [1.82, 2.24) is 0 Å². The summed E-state index contributed by atoms with van der Waals surface area (Å²) < 4.78 is 25.4. The van der Waals surface area contributed by atoms with Gasteiger partial charge >= 0.3 is 0 Å². The topological polar surface area (TPSA) is 91.0 Å². The highest BCUT2D eigenvalue weighted by Crippen LogP contribution is 2.36. The van der Waals surface area contributed by atoms with E-state index >= 15 is 0 Å². The van der Waals surface area contributed by atoms with Gasteiger partial charge in [0, 0.05) is 61.5 Å². The van der Waals surface area contributed by atoms with E-state index < -0.39 is 11.2 Å². The fourth-order valence-corrected chi connectivity index (χ4v) is 7.68. The molecule has 0 saturated heterocycles. The molecule has 334 valence electrons. The average Bonchev–Trinajstić information content (AvgIpc) is 3.21. The van der Waals surface area contributed by atoms with Crippen molar-refractivity contribution in [2.75, 3.05) is 49.2 Å². The Balaban J connectivity index is 1.30. The van der Waals surface area contributed by atoms with Gasteiger partial charge in [0.1, 0.15) is 46.0 Å². The number of anilines is 2. The van der Waals surface area contributed by atoms with Crippen LogP contribution in [0.5, 0.6) is 11.5 Å². The highest BCUT2D eigenvalue weighted by molar-refractivity contribution is 5.76. The van der Waals surface area contributed by atoms with Crippen LogP contribution >= 0.6 is 0 Å². The Hall–Kier alpha value is -5.02. The molecule has 0 aliphatic heterocycles. The molecule has 0 fully saturated rings. The molecule has 4 rings (SSSR count). The third-order valence-corrected chi connectivity index (χ3v) is 11.3. The van der Waals surface area contributed by atoms with E-state index in [1.54, 1.807) is 0 Å². The predicted molar refractivity (Wildman–Crippen MR) is 257 cm³/mol. The zero-order chi connectivity index (χ0) is 45.6. The van der Waals surface area contributed by atoms with Crippen LogP contribution in [-0.4, -0.2) is 61.8 Å². The standard InChI is InChI=1S/C54H74N4O4/c1-13-35-58(44-30-26-42(27-31-44)46-21-19-22-49(48(46)40-56)61-53(9,10)33-37-59-51(4,5)6)36-17-16-32-52(7,8)60-38-34-54(11,12)62-50-23-18-20-45(47(50)39-55)41-24-28-43(29-25-41)57(14-2)15-3/h18-31H,13-17,32-38H2,1-12H3. The van der Waals surface area contributed by atoms with Gasteiger partial charge in [0.15, 0.2) is 0 Å². The molecule has 0 bridgehead atoms. The summed E-state index contributed by atoms with van der Waals surface area (Å²) in [5, 5.41) is 20.5. The lowest BCUT2D eigenvalue weighted by Crippen LogP contribution is -2.33. The third-order valence-electron chi connectivity index (χ3n) is 11.3. The van der Waals surface area contributed by atoms with Crippen LogP contribution in [0.3, 0.4) is 0 Å². The fourth-order valence-electron chi connectivity index (χ4n) is 7.68. The van der Waals surface area contributed by atoms with E-state index in [0.717, 1.165) is 74.1 Å². The van der Waals surface area contributed by atoms with Crippen LogP contribution < -0.4 is 19.3 Å². The summed E-state index contributed by atoms with van der Waals surface area (Å²) >= 11 is 0. The predicted octanol–water partition coefficient (Wildman–Crippen LogP) is 13.4. The van der Waals surface area contributed by atoms with Gasteiger partial charge in [-0.3, -0.25) is 0 Å². The molecule has 4 aromatic carbocycles. The van der Waals surface area contributed by atoms with Crippen LogP contribution in [0.2, 0.25) is 0 Å². The van der Waals surface area contributed by atoms with E-state index in [0.29, 0.717) is 48.7 Å². The first-order valence-electron chi connectivity index (χ1n) is 22.8. The van der Waals surface area contributed by atoms with E-state index in [9.17, 15) is 10.5 Å². The Morgan fingerprint density at radius 3 is 1.37 bits per heavy atom. The molecular formula is C54H74N4O4. The smallest absolute Gasteiger partial charge is 0.138 e. The Kier molecular flexibility index (Phi) is 17.9. The van der Waals surface area contributed by atoms with E-state index in [2.05, 4.69) is 119 Å². The van der Waals surface area contributed by atoms with Crippen molar-refractivity contribution in [2.24, 2.45) is 0 Å². The first kappa shape index (κ1) is 49.6. The van der Waals surface area contributed by atoms with Crippen molar-refractivity contribution >= 4 is 11.4 Å². The quantitative estimate of drug-likeness (QED) is 0.0644. The average molecular weight is 843 g/mol. The van der Waals surface area contributed by atoms with E-state index in [1.807, 2.05) is 71.0 Å². The number of nitrogens with zero attached hydrogens (tertiary/aromatic N) is 4. The first-order chi connectivity index (χ1) is 29.3. The maximum absolute atomic E-state index is 10.3. The second-order valence-electron chi connectivity index (χ2n) is 19.1. The number of unbranched alkanes of at least 4 members (excludes halogenated alkanes) is 1. The van der Waals surface area contributed by atoms with Crippen LogP contribution in [0.1, 0.15) is 133 Å². The highest BCUT2D eigenvalue weighted by atomic mass is 16.5. The normalized spacial score (nSPS) is 12.1. The lowest BCUT2D eigenvalue weighted by Gasteiger charge is -2.31. The van der Waals surface area contributed by atoms with Crippen molar-refractivity contribution in [3.8, 4) is 45.9 Å². The number of hydrogen-bond acceptors (Lipinski definition) is 8. The van der Waals surface area contributed by atoms with Gasteiger partial charge in [0.2, 0.25) is 0 Å². The van der Waals surface area contributed by atoms with Crippen LogP contribution in [0, 0.1) is 22.7 Å². The molecule has 8 nitrogen and oxygen atoms in total. The zero-order valence-corrected chi connectivity index (χ0v) is 40.0. The van der Waals surface area contributed by atoms with Gasteiger partial charge in [-0.05, 0) is 149 Å². The molecular weight excluding hydrogens is 769 g/mol. The lowest BCUT2D eigenvalue weighted by atomic mass is 9.98. The minimum absolute atomic E-state index is 0.212. The number of benzene rings is 4. The maximum Gasteiger partial charge on any atom is 0.138 e. The maximum atomic E-state index is 10.3. The van der Waals surface area contributed by atoms with E-state index in [4.69, 9.17) is 18.9 Å². The van der Waals surface area contributed by atoms with Gasteiger partial charge in [0.25, 0.3) is 0 Å². The van der Waals surface area contributed by atoms with Crippen molar-refractivity contribution in [1.29, 1.82) is 10.5 Å². The number of hydrogen-bond donors (Lipinski definition) is 0. The van der Waals surface area contributed by atoms with Gasteiger partial charge in [0.05, 0.1) is 24.4 Å². The van der Waals surface area contributed by atoms with Crippen LogP contribution in [0.15, 0.2) is 84.9 Å². The molecule has 0 saturated carbocycles. The zero-order valence-electron chi connectivity index (χ0n) is 40.0. The minimum Gasteiger partial charge on any atom is -0.486 e. The number of nitriles is 2. The SMILES string of the molecule is CCCN(CCCCC(C)(C)OCCC(C)(C)Oc1cccc(-c2ccc(N(CC)CC)cc2)c1C#N)c1ccc(-c2cccc(OC(C)(C)CCOC(C)(C)C)c2C#N)cc1. The van der Waals surface area contributed by atoms with Gasteiger partial charge < -0.3 is 28.7 Å². The van der Waals surface area contributed by atoms with Gasteiger partial charge in [-0.2, -0.15) is 10.5 Å². The fraction of sp³-hybridized carbons (Fsp3) is 0.519. The van der Waals surface area contributed by atoms with Crippen LogP contribution in [0.4, 0.5) is 11.4 Å². The van der Waals surface area contributed by atoms with Gasteiger partial charge in [-0.15, -0.1) is 0 Å². The Bertz CT molecular complexity index is 2080. The largest absolute Gasteiger partial charge is 0.486 e. The molecule has 0 aliphatic rings. The van der Waals surface area contributed by atoms with Crippen LogP contribution in [-0.2, 0) is 9.47 Å². The molecule has 62 heavy (non-hydrogen) atoms. The summed E-state index contributed by atoms with van der Waals surface area (Å²) in [6.07, 6.45) is 5.46. The minimum atomic E-state index is -0.533. The molecule has 0 spiro atoms. The molecule has 0 radical (unpaired) electrons. The summed E-state index contributed by atoms with van der Waals surface area (Å²) in [5.41, 5.74) is 5.65. The Morgan fingerprint density at radius 2 is 0.952 bits per heavy atom. The monoisotopic (exact) mass is 843 g/mol. The lowest BCUT2D eigenvalue weighted by molar-refractivity contribution is -0.0460. The van der Waals surface area contributed by atoms with Gasteiger partial charge in [-0.1, -0.05) is 55.5 Å². The highest BCUT2D eigenvalue weighted by Gasteiger charge is 2.27. The second kappa shape index (κ2) is 22.4. The molecule has 0 aliphatic carbocycles. The molecule has 0 heterocycles. The molecule has 0 N–H and O–H groups in total. The molecule has 0 aromatic heterocycles. The summed E-state index contributed by atoms with van der Waals surface area (Å²) in [4.78, 5) is 4.76. The Labute approximate surface area is 374 Å². The number of ether oxygens (including phenoxy) is 4. The summed E-state index contributed by atoms with van der Waals surface area (Å²) in [6, 6.07) is 33.5. The first-order valence-corrected chi connectivity index (χ1v) is 22.8. The molecule has 4 aromatic rings. The van der Waals surface area contributed by atoms with E-state index in [-0.39, 0.29) is 11.2 Å². The van der Waals surface area contributed by atoms with Crippen molar-refractivity contribution in [2.45, 2.75) is 144 Å². The second-order valence-corrected chi connectivity index (χ2v) is 19.1. The molecule has 8 heteroatoms. The van der Waals surface area contributed by atoms with E-state index in [1.165, 1.54) is 11.4 Å². The van der Waals surface area contributed by atoms with Crippen molar-refractivity contribution in [3.05, 3.63) is 96.1 Å². The van der Waals surface area contributed by atoms with Crippen molar-refractivity contribution in [3.63, 3.8) is 0 Å². The summed E-state index contributed by atoms with van der Waals surface area (Å²) in [5.74, 6) is 1.19. The summed E-state index contributed by atoms with van der Waals surface area (Å²) in [6.45, 7) is 30.2. The van der Waals surface area contributed by atoms with Gasteiger partial charge in [-0.25, -0.2) is 0 Å². The molecule has 0 amide bonds. The Morgan fingerprint density at radius 1 is 0.500 bits per heavy atom. The molecule has 0 unspecified atom stereocenters. The number of rotatable bonds is 24. The third kappa shape index (κ3) is 14.8.